The van der Waals surface area contributed by atoms with Gasteiger partial charge in [-0.05, 0) is 30.3 Å². The summed E-state index contributed by atoms with van der Waals surface area (Å²) in [7, 11) is 3.03. The van der Waals surface area contributed by atoms with Gasteiger partial charge in [0.25, 0.3) is 0 Å². The predicted octanol–water partition coefficient (Wildman–Crippen LogP) is 4.46. The third kappa shape index (κ3) is 3.42. The maximum absolute atomic E-state index is 12.3. The van der Waals surface area contributed by atoms with Crippen molar-refractivity contribution in [3.63, 3.8) is 0 Å². The Balaban J connectivity index is 1.45. The molecule has 0 N–H and O–H groups in total. The summed E-state index contributed by atoms with van der Waals surface area (Å²) in [5.41, 5.74) is 1.58. The Kier molecular flexibility index (Phi) is 4.72. The highest BCUT2D eigenvalue weighted by Gasteiger charge is 2.15. The monoisotopic (exact) mass is 379 g/mol. The molecule has 0 fully saturated rings. The Morgan fingerprint density at radius 2 is 1.79 bits per heavy atom. The number of nitrogens with zero attached hydrogens (tertiary/aromatic N) is 1. The molecule has 0 spiro atoms. The molecule has 7 nitrogen and oxygen atoms in total. The van der Waals surface area contributed by atoms with E-state index in [0.29, 0.717) is 34.3 Å². The van der Waals surface area contributed by atoms with Crippen LogP contribution in [0.15, 0.2) is 63.5 Å². The van der Waals surface area contributed by atoms with Gasteiger partial charge in [-0.3, -0.25) is 0 Å². The van der Waals surface area contributed by atoms with Gasteiger partial charge in [-0.2, -0.15) is 0 Å². The number of methoxy groups -OCH3 is 2. The van der Waals surface area contributed by atoms with Crippen LogP contribution in [0, 0.1) is 0 Å². The number of aromatic nitrogens is 1. The quantitative estimate of drug-likeness (QED) is 0.457. The lowest BCUT2D eigenvalue weighted by Gasteiger charge is -2.09. The normalized spacial score (nSPS) is 10.8. The first-order chi connectivity index (χ1) is 13.7. The molecule has 7 heteroatoms. The molecule has 0 saturated heterocycles. The smallest absolute Gasteiger partial charge is 0.338 e. The summed E-state index contributed by atoms with van der Waals surface area (Å²) < 4.78 is 26.7. The minimum atomic E-state index is -0.505. The van der Waals surface area contributed by atoms with E-state index in [0.717, 1.165) is 11.0 Å². The number of esters is 1. The fraction of sp³-hybridized carbons (Fsp3) is 0.143. The van der Waals surface area contributed by atoms with Gasteiger partial charge in [-0.25, -0.2) is 4.79 Å². The van der Waals surface area contributed by atoms with E-state index < -0.39 is 5.97 Å². The van der Waals surface area contributed by atoms with E-state index in [4.69, 9.17) is 23.2 Å². The molecule has 0 radical (unpaired) electrons. The predicted molar refractivity (Wildman–Crippen MR) is 100 cm³/mol. The van der Waals surface area contributed by atoms with Gasteiger partial charge in [0.15, 0.2) is 17.3 Å². The number of carbonyl (C=O) groups excluding carboxylic acids is 1. The van der Waals surface area contributed by atoms with Crippen LogP contribution in [0.2, 0.25) is 0 Å². The molecule has 0 aliphatic carbocycles. The van der Waals surface area contributed by atoms with Crippen LogP contribution in [0.5, 0.6) is 11.5 Å². The number of carbonyl (C=O) groups is 1. The van der Waals surface area contributed by atoms with Crippen molar-refractivity contribution in [1.82, 2.24) is 5.16 Å². The van der Waals surface area contributed by atoms with Crippen molar-refractivity contribution in [2.24, 2.45) is 0 Å². The second-order valence-electron chi connectivity index (χ2n) is 5.98. The van der Waals surface area contributed by atoms with Crippen LogP contribution in [0.1, 0.15) is 16.1 Å². The van der Waals surface area contributed by atoms with E-state index in [1.165, 1.54) is 14.2 Å². The average molecular weight is 379 g/mol. The Morgan fingerprint density at radius 3 is 2.57 bits per heavy atom. The molecule has 2 heterocycles. The zero-order valence-corrected chi connectivity index (χ0v) is 15.3. The summed E-state index contributed by atoms with van der Waals surface area (Å²) in [5.74, 6) is 1.50. The Bertz CT molecular complexity index is 1090. The molecule has 4 rings (SSSR count). The molecule has 0 aliphatic rings. The summed E-state index contributed by atoms with van der Waals surface area (Å²) in [6, 6.07) is 16.0. The minimum absolute atomic E-state index is 0.0308. The van der Waals surface area contributed by atoms with Crippen molar-refractivity contribution in [2.45, 2.75) is 6.61 Å². The molecule has 0 saturated carbocycles. The fourth-order valence-electron chi connectivity index (χ4n) is 2.79. The topological polar surface area (TPSA) is 83.9 Å². The van der Waals surface area contributed by atoms with Gasteiger partial charge in [0, 0.05) is 11.5 Å². The second-order valence-corrected chi connectivity index (χ2v) is 5.98. The van der Waals surface area contributed by atoms with Gasteiger partial charge in [0.2, 0.25) is 5.76 Å². The largest absolute Gasteiger partial charge is 0.493 e. The van der Waals surface area contributed by atoms with Gasteiger partial charge >= 0.3 is 5.97 Å². The fourth-order valence-corrected chi connectivity index (χ4v) is 2.79. The first kappa shape index (κ1) is 17.7. The number of ether oxygens (including phenoxy) is 3. The van der Waals surface area contributed by atoms with E-state index >= 15 is 0 Å². The van der Waals surface area contributed by atoms with Gasteiger partial charge in [0.1, 0.15) is 17.9 Å². The Hall–Kier alpha value is -3.74. The van der Waals surface area contributed by atoms with Crippen molar-refractivity contribution >= 4 is 16.9 Å². The standard InChI is InChI=1S/C21H17NO6/c1-24-17-8-7-14(10-18(17)25-2)21(23)26-12-15-11-20(28-22-15)19-9-13-5-3-4-6-16(13)27-19/h3-11H,12H2,1-2H3. The SMILES string of the molecule is COc1ccc(C(=O)OCc2cc(-c3cc4ccccc4o3)on2)cc1OC. The van der Waals surface area contributed by atoms with Gasteiger partial charge in [0.05, 0.1) is 19.8 Å². The zero-order chi connectivity index (χ0) is 19.5. The molecule has 0 amide bonds. The number of furan rings is 1. The van der Waals surface area contributed by atoms with Gasteiger partial charge in [-0.1, -0.05) is 23.4 Å². The molecule has 0 aliphatic heterocycles. The molecular formula is C21H17NO6. The van der Waals surface area contributed by atoms with Crippen molar-refractivity contribution in [3.8, 4) is 23.0 Å². The van der Waals surface area contributed by atoms with Crippen molar-refractivity contribution in [3.05, 3.63) is 65.9 Å². The van der Waals surface area contributed by atoms with Crippen LogP contribution in [0.25, 0.3) is 22.5 Å². The van der Waals surface area contributed by atoms with Crippen LogP contribution >= 0.6 is 0 Å². The number of hydrogen-bond donors (Lipinski definition) is 0. The van der Waals surface area contributed by atoms with Crippen LogP contribution in [0.4, 0.5) is 0 Å². The molecule has 28 heavy (non-hydrogen) atoms. The lowest BCUT2D eigenvalue weighted by Crippen LogP contribution is -2.06. The molecule has 0 atom stereocenters. The van der Waals surface area contributed by atoms with Crippen LogP contribution in [0.3, 0.4) is 0 Å². The zero-order valence-electron chi connectivity index (χ0n) is 15.3. The molecule has 2 aromatic heterocycles. The van der Waals surface area contributed by atoms with E-state index in [1.807, 2.05) is 30.3 Å². The highest BCUT2D eigenvalue weighted by molar-refractivity contribution is 5.90. The Morgan fingerprint density at radius 1 is 0.964 bits per heavy atom. The number of rotatable bonds is 6. The number of fused-ring (bicyclic) bond motifs is 1. The van der Waals surface area contributed by atoms with Crippen LogP contribution in [-0.2, 0) is 11.3 Å². The molecule has 142 valence electrons. The number of para-hydroxylation sites is 1. The lowest BCUT2D eigenvalue weighted by atomic mass is 10.2. The molecule has 0 unspecified atom stereocenters. The third-order valence-electron chi connectivity index (χ3n) is 4.20. The molecule has 0 bridgehead atoms. The second kappa shape index (κ2) is 7.48. The van der Waals surface area contributed by atoms with E-state index in [-0.39, 0.29) is 6.61 Å². The molecule has 4 aromatic rings. The van der Waals surface area contributed by atoms with Crippen molar-refractivity contribution in [2.75, 3.05) is 14.2 Å². The van der Waals surface area contributed by atoms with E-state index in [1.54, 1.807) is 24.3 Å². The van der Waals surface area contributed by atoms with Crippen LogP contribution < -0.4 is 9.47 Å². The maximum Gasteiger partial charge on any atom is 0.338 e. The first-order valence-corrected chi connectivity index (χ1v) is 8.51. The number of benzene rings is 2. The summed E-state index contributed by atoms with van der Waals surface area (Å²) in [5, 5.41) is 4.90. The summed E-state index contributed by atoms with van der Waals surface area (Å²) in [4.78, 5) is 12.3. The Labute approximate surface area is 160 Å². The van der Waals surface area contributed by atoms with Gasteiger partial charge in [-0.15, -0.1) is 0 Å². The first-order valence-electron chi connectivity index (χ1n) is 8.51. The van der Waals surface area contributed by atoms with Crippen molar-refractivity contribution < 1.29 is 27.9 Å². The number of hydrogen-bond acceptors (Lipinski definition) is 7. The highest BCUT2D eigenvalue weighted by atomic mass is 16.5. The summed E-state index contributed by atoms with van der Waals surface area (Å²) in [6.45, 7) is -0.0308. The third-order valence-corrected chi connectivity index (χ3v) is 4.20. The minimum Gasteiger partial charge on any atom is -0.493 e. The summed E-state index contributed by atoms with van der Waals surface area (Å²) >= 11 is 0. The maximum atomic E-state index is 12.3. The van der Waals surface area contributed by atoms with Gasteiger partial charge < -0.3 is 23.2 Å². The molecular weight excluding hydrogens is 362 g/mol. The lowest BCUT2D eigenvalue weighted by molar-refractivity contribution is 0.0464. The van der Waals surface area contributed by atoms with E-state index in [9.17, 15) is 4.79 Å². The van der Waals surface area contributed by atoms with Crippen molar-refractivity contribution in [1.29, 1.82) is 0 Å². The van der Waals surface area contributed by atoms with E-state index in [2.05, 4.69) is 5.16 Å². The highest BCUT2D eigenvalue weighted by Crippen LogP contribution is 2.29. The average Bonchev–Trinajstić information content (AvgIpc) is 3.38. The summed E-state index contributed by atoms with van der Waals surface area (Å²) in [6.07, 6.45) is 0. The molecule has 2 aromatic carbocycles. The van der Waals surface area contributed by atoms with Crippen LogP contribution in [-0.4, -0.2) is 25.3 Å².